The van der Waals surface area contributed by atoms with E-state index in [-0.39, 0.29) is 5.92 Å². The molecule has 3 rings (SSSR count). The monoisotopic (exact) mass is 309 g/mol. The van der Waals surface area contributed by atoms with Gasteiger partial charge in [0, 0.05) is 12.5 Å². The van der Waals surface area contributed by atoms with E-state index in [9.17, 15) is 5.11 Å². The molecule has 2 aromatic rings. The maximum absolute atomic E-state index is 11.4. The summed E-state index contributed by atoms with van der Waals surface area (Å²) >= 11 is 0. The van der Waals surface area contributed by atoms with E-state index >= 15 is 0 Å². The summed E-state index contributed by atoms with van der Waals surface area (Å²) in [6.07, 6.45) is 3.88. The lowest BCUT2D eigenvalue weighted by molar-refractivity contribution is 0.0107. The van der Waals surface area contributed by atoms with Crippen molar-refractivity contribution in [3.8, 4) is 0 Å². The van der Waals surface area contributed by atoms with Crippen molar-refractivity contribution in [3.05, 3.63) is 71.8 Å². The van der Waals surface area contributed by atoms with Crippen LogP contribution in [0.3, 0.4) is 0 Å². The van der Waals surface area contributed by atoms with Gasteiger partial charge < -0.3 is 10.0 Å². The first-order valence-electron chi connectivity index (χ1n) is 8.73. The molecule has 1 heterocycles. The lowest BCUT2D eigenvalue weighted by atomic mass is 9.78. The molecule has 23 heavy (non-hydrogen) atoms. The average Bonchev–Trinajstić information content (AvgIpc) is 2.62. The summed E-state index contributed by atoms with van der Waals surface area (Å²) < 4.78 is 0. The SMILES string of the molecule is CC(O)(c1ccccc1)C(CN1CCCCC1)c1ccccc1. The number of hydrogen-bond acceptors (Lipinski definition) is 2. The van der Waals surface area contributed by atoms with Crippen molar-refractivity contribution in [2.75, 3.05) is 19.6 Å². The van der Waals surface area contributed by atoms with E-state index in [1.54, 1.807) is 0 Å². The van der Waals surface area contributed by atoms with Crippen molar-refractivity contribution in [3.63, 3.8) is 0 Å². The van der Waals surface area contributed by atoms with Gasteiger partial charge >= 0.3 is 0 Å². The Morgan fingerprint density at radius 1 is 0.913 bits per heavy atom. The first kappa shape index (κ1) is 16.2. The summed E-state index contributed by atoms with van der Waals surface area (Å²) in [6, 6.07) is 20.6. The van der Waals surface area contributed by atoms with Crippen LogP contribution in [-0.4, -0.2) is 29.6 Å². The molecular weight excluding hydrogens is 282 g/mol. The Morgan fingerprint density at radius 3 is 2.09 bits per heavy atom. The highest BCUT2D eigenvalue weighted by molar-refractivity contribution is 5.31. The molecule has 0 bridgehead atoms. The highest BCUT2D eigenvalue weighted by Crippen LogP contribution is 2.37. The zero-order valence-corrected chi connectivity index (χ0v) is 14.0. The molecule has 2 aromatic carbocycles. The average molecular weight is 309 g/mol. The highest BCUT2D eigenvalue weighted by Gasteiger charge is 2.36. The van der Waals surface area contributed by atoms with Gasteiger partial charge in [-0.2, -0.15) is 0 Å². The first-order valence-corrected chi connectivity index (χ1v) is 8.73. The Kier molecular flexibility index (Phi) is 5.14. The number of hydrogen-bond donors (Lipinski definition) is 1. The van der Waals surface area contributed by atoms with E-state index in [0.717, 1.165) is 25.2 Å². The van der Waals surface area contributed by atoms with E-state index in [1.807, 2.05) is 43.3 Å². The van der Waals surface area contributed by atoms with Crippen LogP contribution in [0.1, 0.15) is 43.2 Å². The van der Waals surface area contributed by atoms with Crippen molar-refractivity contribution in [2.24, 2.45) is 0 Å². The molecule has 0 aromatic heterocycles. The molecule has 0 amide bonds. The number of aliphatic hydroxyl groups is 1. The third-order valence-electron chi connectivity index (χ3n) is 5.13. The summed E-state index contributed by atoms with van der Waals surface area (Å²) in [7, 11) is 0. The molecule has 1 N–H and O–H groups in total. The molecule has 2 nitrogen and oxygen atoms in total. The molecule has 0 spiro atoms. The van der Waals surface area contributed by atoms with Crippen LogP contribution in [0.2, 0.25) is 0 Å². The van der Waals surface area contributed by atoms with Gasteiger partial charge in [0.1, 0.15) is 0 Å². The third-order valence-corrected chi connectivity index (χ3v) is 5.13. The van der Waals surface area contributed by atoms with Crippen LogP contribution >= 0.6 is 0 Å². The van der Waals surface area contributed by atoms with Crippen molar-refractivity contribution >= 4 is 0 Å². The normalized spacial score (nSPS) is 19.9. The van der Waals surface area contributed by atoms with E-state index in [1.165, 1.54) is 24.8 Å². The fourth-order valence-corrected chi connectivity index (χ4v) is 3.67. The predicted octanol–water partition coefficient (Wildman–Crippen LogP) is 4.16. The molecule has 1 aliphatic rings. The number of benzene rings is 2. The summed E-state index contributed by atoms with van der Waals surface area (Å²) in [5, 5.41) is 11.4. The number of nitrogens with zero attached hydrogens (tertiary/aromatic N) is 1. The van der Waals surface area contributed by atoms with Crippen LogP contribution < -0.4 is 0 Å². The van der Waals surface area contributed by atoms with Crippen molar-refractivity contribution in [1.29, 1.82) is 0 Å². The Labute approximate surface area is 139 Å². The lowest BCUT2D eigenvalue weighted by Gasteiger charge is -2.38. The zero-order valence-electron chi connectivity index (χ0n) is 14.0. The fourth-order valence-electron chi connectivity index (χ4n) is 3.67. The molecule has 2 atom stereocenters. The Bertz CT molecular complexity index is 588. The van der Waals surface area contributed by atoms with Crippen molar-refractivity contribution < 1.29 is 5.11 Å². The van der Waals surface area contributed by atoms with Gasteiger partial charge in [-0.05, 0) is 44.0 Å². The largest absolute Gasteiger partial charge is 0.385 e. The van der Waals surface area contributed by atoms with Gasteiger partial charge in [-0.25, -0.2) is 0 Å². The van der Waals surface area contributed by atoms with Crippen molar-refractivity contribution in [2.45, 2.75) is 37.7 Å². The smallest absolute Gasteiger partial charge is 0.0949 e. The second-order valence-electron chi connectivity index (χ2n) is 6.84. The maximum Gasteiger partial charge on any atom is 0.0949 e. The van der Waals surface area contributed by atoms with E-state index in [0.29, 0.717) is 0 Å². The molecular formula is C21H27NO. The summed E-state index contributed by atoms with van der Waals surface area (Å²) in [5.74, 6) is 0.0733. The Balaban J connectivity index is 1.91. The lowest BCUT2D eigenvalue weighted by Crippen LogP contribution is -2.41. The summed E-state index contributed by atoms with van der Waals surface area (Å²) in [6.45, 7) is 5.16. The first-order chi connectivity index (χ1) is 11.2. The van der Waals surface area contributed by atoms with Gasteiger partial charge in [-0.1, -0.05) is 67.1 Å². The molecule has 2 unspecified atom stereocenters. The standard InChI is InChI=1S/C21H27NO/c1-21(23,19-13-7-3-8-14-19)20(18-11-5-2-6-12-18)17-22-15-9-4-10-16-22/h2-3,5-8,11-14,20,23H,4,9-10,15-17H2,1H3. The van der Waals surface area contributed by atoms with Crippen LogP contribution in [0.4, 0.5) is 0 Å². The van der Waals surface area contributed by atoms with Gasteiger partial charge in [-0.15, -0.1) is 0 Å². The topological polar surface area (TPSA) is 23.5 Å². The number of likely N-dealkylation sites (tertiary alicyclic amines) is 1. The van der Waals surface area contributed by atoms with Gasteiger partial charge in [0.05, 0.1) is 5.60 Å². The van der Waals surface area contributed by atoms with Crippen LogP contribution in [0.25, 0.3) is 0 Å². The molecule has 1 saturated heterocycles. The van der Waals surface area contributed by atoms with Gasteiger partial charge in [0.2, 0.25) is 0 Å². The number of piperidine rings is 1. The minimum atomic E-state index is -0.875. The highest BCUT2D eigenvalue weighted by atomic mass is 16.3. The molecule has 0 aliphatic carbocycles. The fraction of sp³-hybridized carbons (Fsp3) is 0.429. The van der Waals surface area contributed by atoms with E-state index in [4.69, 9.17) is 0 Å². The minimum Gasteiger partial charge on any atom is -0.385 e. The molecule has 0 saturated carbocycles. The molecule has 1 aliphatic heterocycles. The summed E-state index contributed by atoms with van der Waals surface area (Å²) in [5.41, 5.74) is 1.33. The molecule has 1 fully saturated rings. The van der Waals surface area contributed by atoms with Crippen LogP contribution in [-0.2, 0) is 5.60 Å². The molecule has 122 valence electrons. The van der Waals surface area contributed by atoms with Gasteiger partial charge in [-0.3, -0.25) is 0 Å². The Morgan fingerprint density at radius 2 is 1.48 bits per heavy atom. The second kappa shape index (κ2) is 7.29. The maximum atomic E-state index is 11.4. The molecule has 2 heteroatoms. The van der Waals surface area contributed by atoms with E-state index < -0.39 is 5.60 Å². The third kappa shape index (κ3) is 3.82. The van der Waals surface area contributed by atoms with E-state index in [2.05, 4.69) is 29.2 Å². The minimum absolute atomic E-state index is 0.0733. The van der Waals surface area contributed by atoms with Crippen molar-refractivity contribution in [1.82, 2.24) is 4.90 Å². The summed E-state index contributed by atoms with van der Waals surface area (Å²) in [4.78, 5) is 2.51. The van der Waals surface area contributed by atoms with Gasteiger partial charge in [0.15, 0.2) is 0 Å². The zero-order chi connectivity index (χ0) is 16.1. The Hall–Kier alpha value is -1.64. The second-order valence-corrected chi connectivity index (χ2v) is 6.84. The molecule has 0 radical (unpaired) electrons. The predicted molar refractivity (Wildman–Crippen MR) is 95.5 cm³/mol. The quantitative estimate of drug-likeness (QED) is 0.896. The van der Waals surface area contributed by atoms with Gasteiger partial charge in [0.25, 0.3) is 0 Å². The van der Waals surface area contributed by atoms with Crippen LogP contribution in [0.5, 0.6) is 0 Å². The van der Waals surface area contributed by atoms with Crippen LogP contribution in [0, 0.1) is 0 Å². The number of rotatable bonds is 5. The van der Waals surface area contributed by atoms with Crippen LogP contribution in [0.15, 0.2) is 60.7 Å².